The third-order valence-electron chi connectivity index (χ3n) is 1.98. The quantitative estimate of drug-likeness (QED) is 0.589. The van der Waals surface area contributed by atoms with Crippen molar-refractivity contribution < 1.29 is 19.0 Å². The van der Waals surface area contributed by atoms with Gasteiger partial charge in [0.2, 0.25) is 0 Å². The molecule has 0 saturated carbocycles. The molecule has 1 aromatic rings. The SMILES string of the molecule is CCOC(=O)C#Cc1cc(OC)ccc1OC. The van der Waals surface area contributed by atoms with Gasteiger partial charge in [-0.3, -0.25) is 0 Å². The van der Waals surface area contributed by atoms with Crippen LogP contribution >= 0.6 is 0 Å². The minimum absolute atomic E-state index is 0.308. The second-order valence-electron chi connectivity index (χ2n) is 3.04. The van der Waals surface area contributed by atoms with Gasteiger partial charge in [0.15, 0.2) is 0 Å². The first-order valence-electron chi connectivity index (χ1n) is 5.12. The molecule has 0 amide bonds. The Morgan fingerprint density at radius 2 is 2.06 bits per heavy atom. The van der Waals surface area contributed by atoms with Gasteiger partial charge in [-0.2, -0.15) is 0 Å². The van der Waals surface area contributed by atoms with Crippen LogP contribution in [0.15, 0.2) is 18.2 Å². The number of methoxy groups -OCH3 is 2. The maximum absolute atomic E-state index is 11.1. The summed E-state index contributed by atoms with van der Waals surface area (Å²) in [4.78, 5) is 11.1. The summed E-state index contributed by atoms with van der Waals surface area (Å²) in [6, 6.07) is 5.19. The van der Waals surface area contributed by atoms with E-state index in [1.165, 1.54) is 7.11 Å². The van der Waals surface area contributed by atoms with Crippen molar-refractivity contribution in [2.24, 2.45) is 0 Å². The van der Waals surface area contributed by atoms with E-state index in [0.717, 1.165) is 0 Å². The molecule has 0 bridgehead atoms. The standard InChI is InChI=1S/C13H14O4/c1-4-17-13(14)8-5-10-9-11(15-2)6-7-12(10)16-3/h6-7,9H,4H2,1-3H3. The van der Waals surface area contributed by atoms with Crippen LogP contribution in [0.3, 0.4) is 0 Å². The molecule has 0 aliphatic carbocycles. The van der Waals surface area contributed by atoms with Crippen LogP contribution in [-0.4, -0.2) is 26.8 Å². The van der Waals surface area contributed by atoms with Gasteiger partial charge in [-0.25, -0.2) is 4.79 Å². The molecular formula is C13H14O4. The predicted molar refractivity (Wildman–Crippen MR) is 63.1 cm³/mol. The van der Waals surface area contributed by atoms with Gasteiger partial charge in [0, 0.05) is 5.92 Å². The molecule has 0 fully saturated rings. The van der Waals surface area contributed by atoms with E-state index < -0.39 is 5.97 Å². The van der Waals surface area contributed by atoms with Crippen molar-refractivity contribution in [3.63, 3.8) is 0 Å². The lowest BCUT2D eigenvalue weighted by Gasteiger charge is -2.05. The summed E-state index contributed by atoms with van der Waals surface area (Å²) >= 11 is 0. The first-order valence-corrected chi connectivity index (χ1v) is 5.12. The number of carbonyl (C=O) groups excluding carboxylic acids is 1. The average Bonchev–Trinajstić information content (AvgIpc) is 2.36. The third kappa shape index (κ3) is 3.72. The lowest BCUT2D eigenvalue weighted by molar-refractivity contribution is -0.136. The van der Waals surface area contributed by atoms with Crippen molar-refractivity contribution >= 4 is 5.97 Å². The molecule has 4 nitrogen and oxygen atoms in total. The maximum atomic E-state index is 11.1. The molecule has 0 aromatic heterocycles. The summed E-state index contributed by atoms with van der Waals surface area (Å²) in [5, 5.41) is 0. The van der Waals surface area contributed by atoms with Gasteiger partial charge in [-0.05, 0) is 25.1 Å². The van der Waals surface area contributed by atoms with Crippen LogP contribution in [-0.2, 0) is 9.53 Å². The molecule has 90 valence electrons. The number of benzene rings is 1. The lowest BCUT2D eigenvalue weighted by atomic mass is 10.2. The molecule has 0 heterocycles. The Morgan fingerprint density at radius 1 is 1.29 bits per heavy atom. The van der Waals surface area contributed by atoms with Crippen LogP contribution in [0, 0.1) is 11.8 Å². The fraction of sp³-hybridized carbons (Fsp3) is 0.308. The summed E-state index contributed by atoms with van der Waals surface area (Å²) in [5.41, 5.74) is 0.583. The number of hydrogen-bond donors (Lipinski definition) is 0. The number of carbonyl (C=O) groups is 1. The Morgan fingerprint density at radius 3 is 2.65 bits per heavy atom. The topological polar surface area (TPSA) is 44.8 Å². The predicted octanol–water partition coefficient (Wildman–Crippen LogP) is 1.62. The molecule has 0 saturated heterocycles. The lowest BCUT2D eigenvalue weighted by Crippen LogP contribution is -1.99. The second-order valence-corrected chi connectivity index (χ2v) is 3.04. The van der Waals surface area contributed by atoms with Gasteiger partial charge in [-0.1, -0.05) is 5.92 Å². The van der Waals surface area contributed by atoms with Gasteiger partial charge in [0.25, 0.3) is 0 Å². The molecule has 0 aliphatic rings. The van der Waals surface area contributed by atoms with Gasteiger partial charge < -0.3 is 14.2 Å². The van der Waals surface area contributed by atoms with Crippen molar-refractivity contribution in [1.29, 1.82) is 0 Å². The van der Waals surface area contributed by atoms with E-state index in [-0.39, 0.29) is 0 Å². The van der Waals surface area contributed by atoms with E-state index in [0.29, 0.717) is 23.7 Å². The molecule has 0 N–H and O–H groups in total. The van der Waals surface area contributed by atoms with Gasteiger partial charge in [0.1, 0.15) is 11.5 Å². The molecule has 0 spiro atoms. The van der Waals surface area contributed by atoms with Crippen molar-refractivity contribution in [1.82, 2.24) is 0 Å². The number of ether oxygens (including phenoxy) is 3. The van der Waals surface area contributed by atoms with Crippen molar-refractivity contribution in [2.75, 3.05) is 20.8 Å². The summed E-state index contributed by atoms with van der Waals surface area (Å²) in [5.74, 6) is 5.75. The van der Waals surface area contributed by atoms with Crippen LogP contribution in [0.5, 0.6) is 11.5 Å². The third-order valence-corrected chi connectivity index (χ3v) is 1.98. The highest BCUT2D eigenvalue weighted by atomic mass is 16.5. The minimum atomic E-state index is -0.558. The summed E-state index contributed by atoms with van der Waals surface area (Å²) in [6.45, 7) is 2.04. The molecule has 1 rings (SSSR count). The molecule has 1 aromatic carbocycles. The zero-order chi connectivity index (χ0) is 12.7. The highest BCUT2D eigenvalue weighted by Gasteiger charge is 2.02. The van der Waals surface area contributed by atoms with Crippen molar-refractivity contribution in [3.05, 3.63) is 23.8 Å². The van der Waals surface area contributed by atoms with E-state index in [9.17, 15) is 4.79 Å². The highest BCUT2D eigenvalue weighted by molar-refractivity contribution is 5.89. The number of esters is 1. The van der Waals surface area contributed by atoms with Crippen LogP contribution in [0.4, 0.5) is 0 Å². The van der Waals surface area contributed by atoms with Gasteiger partial charge >= 0.3 is 5.97 Å². The largest absolute Gasteiger partial charge is 0.497 e. The van der Waals surface area contributed by atoms with E-state index in [4.69, 9.17) is 14.2 Å². The molecule has 0 aliphatic heterocycles. The fourth-order valence-electron chi connectivity index (χ4n) is 1.20. The molecule has 17 heavy (non-hydrogen) atoms. The summed E-state index contributed by atoms with van der Waals surface area (Å²) < 4.78 is 14.9. The first kappa shape index (κ1) is 12.9. The number of rotatable bonds is 3. The maximum Gasteiger partial charge on any atom is 0.384 e. The smallest absolute Gasteiger partial charge is 0.384 e. The van der Waals surface area contributed by atoms with Crippen LogP contribution in [0.2, 0.25) is 0 Å². The Labute approximate surface area is 100 Å². The van der Waals surface area contributed by atoms with E-state index in [2.05, 4.69) is 11.8 Å². The van der Waals surface area contributed by atoms with E-state index >= 15 is 0 Å². The molecule has 0 unspecified atom stereocenters. The zero-order valence-electron chi connectivity index (χ0n) is 10.1. The first-order chi connectivity index (χ1) is 8.21. The Kier molecular flexibility index (Phi) is 4.89. The van der Waals surface area contributed by atoms with Crippen molar-refractivity contribution in [2.45, 2.75) is 6.92 Å². The molecule has 4 heteroatoms. The summed E-state index contributed by atoms with van der Waals surface area (Å²) in [7, 11) is 3.10. The zero-order valence-corrected chi connectivity index (χ0v) is 10.1. The van der Waals surface area contributed by atoms with Crippen LogP contribution in [0.25, 0.3) is 0 Å². The normalized spacial score (nSPS) is 8.88. The van der Waals surface area contributed by atoms with E-state index in [1.54, 1.807) is 32.2 Å². The monoisotopic (exact) mass is 234 g/mol. The molecule has 0 radical (unpaired) electrons. The summed E-state index contributed by atoms with van der Waals surface area (Å²) in [6.07, 6.45) is 0. The average molecular weight is 234 g/mol. The van der Waals surface area contributed by atoms with Crippen molar-refractivity contribution in [3.8, 4) is 23.3 Å². The molecule has 0 atom stereocenters. The van der Waals surface area contributed by atoms with Gasteiger partial charge in [0.05, 0.1) is 26.4 Å². The van der Waals surface area contributed by atoms with Gasteiger partial charge in [-0.15, -0.1) is 0 Å². The Balaban J connectivity index is 2.98. The van der Waals surface area contributed by atoms with Crippen LogP contribution < -0.4 is 9.47 Å². The highest BCUT2D eigenvalue weighted by Crippen LogP contribution is 2.22. The van der Waals surface area contributed by atoms with E-state index in [1.807, 2.05) is 0 Å². The second kappa shape index (κ2) is 6.44. The van der Waals surface area contributed by atoms with Crippen LogP contribution in [0.1, 0.15) is 12.5 Å². The number of hydrogen-bond acceptors (Lipinski definition) is 4. The minimum Gasteiger partial charge on any atom is -0.497 e. The fourth-order valence-corrected chi connectivity index (χ4v) is 1.20. The Bertz CT molecular complexity index is 454. The Hall–Kier alpha value is -2.15. The molecular weight excluding hydrogens is 220 g/mol.